The van der Waals surface area contributed by atoms with Crippen LogP contribution in [-0.2, 0) is 9.59 Å². The Hall–Kier alpha value is -2.41. The van der Waals surface area contributed by atoms with Gasteiger partial charge in [0, 0.05) is 19.0 Å². The fourth-order valence-corrected chi connectivity index (χ4v) is 2.81. The number of hydrogen-bond donors (Lipinski definition) is 1. The number of likely N-dealkylation sites (tertiary alicyclic amines) is 1. The van der Waals surface area contributed by atoms with Gasteiger partial charge in [-0.1, -0.05) is 11.6 Å². The lowest BCUT2D eigenvalue weighted by atomic mass is 10.1. The summed E-state index contributed by atoms with van der Waals surface area (Å²) in [6, 6.07) is 3.59. The molecule has 3 heterocycles. The highest BCUT2D eigenvalue weighted by Crippen LogP contribution is 2.22. The van der Waals surface area contributed by atoms with E-state index in [1.165, 1.54) is 6.20 Å². The summed E-state index contributed by atoms with van der Waals surface area (Å²) in [5.74, 6) is 0.129. The van der Waals surface area contributed by atoms with Crippen molar-refractivity contribution in [1.82, 2.24) is 19.7 Å². The molecule has 0 bridgehead atoms. The van der Waals surface area contributed by atoms with E-state index in [4.69, 9.17) is 11.6 Å². The summed E-state index contributed by atoms with van der Waals surface area (Å²) in [4.78, 5) is 30.2. The maximum Gasteiger partial charge on any atom is 0.229 e. The summed E-state index contributed by atoms with van der Waals surface area (Å²) < 4.78 is 1.55. The third-order valence-corrected chi connectivity index (χ3v) is 4.15. The SMILES string of the molecule is CC(C)N1C[C@H](C(=O)Nc2ccc(-n3cc(Cl)cn3)nc2)CC1=O. The highest BCUT2D eigenvalue weighted by molar-refractivity contribution is 6.30. The molecule has 0 saturated carbocycles. The van der Waals surface area contributed by atoms with Crippen LogP contribution in [0.3, 0.4) is 0 Å². The Morgan fingerprint density at radius 2 is 2.17 bits per heavy atom. The second-order valence-corrected chi connectivity index (χ2v) is 6.47. The molecule has 3 rings (SSSR count). The molecule has 1 fully saturated rings. The fourth-order valence-electron chi connectivity index (χ4n) is 2.67. The number of carbonyl (C=O) groups is 2. The summed E-state index contributed by atoms with van der Waals surface area (Å²) in [5.41, 5.74) is 0.581. The molecule has 1 aliphatic rings. The molecule has 1 atom stereocenters. The number of halogens is 1. The monoisotopic (exact) mass is 347 g/mol. The van der Waals surface area contributed by atoms with Crippen LogP contribution in [0, 0.1) is 5.92 Å². The van der Waals surface area contributed by atoms with Gasteiger partial charge in [-0.2, -0.15) is 5.10 Å². The Morgan fingerprint density at radius 3 is 2.71 bits per heavy atom. The van der Waals surface area contributed by atoms with E-state index >= 15 is 0 Å². The molecule has 2 amide bonds. The van der Waals surface area contributed by atoms with E-state index in [9.17, 15) is 9.59 Å². The molecule has 0 aliphatic carbocycles. The number of hydrogen-bond acceptors (Lipinski definition) is 4. The second kappa shape index (κ2) is 6.60. The lowest BCUT2D eigenvalue weighted by molar-refractivity contribution is -0.129. The molecule has 24 heavy (non-hydrogen) atoms. The molecule has 8 heteroatoms. The van der Waals surface area contributed by atoms with Gasteiger partial charge in [0.1, 0.15) is 0 Å². The van der Waals surface area contributed by atoms with Crippen molar-refractivity contribution in [1.29, 1.82) is 0 Å². The number of pyridine rings is 1. The van der Waals surface area contributed by atoms with E-state index in [0.29, 0.717) is 23.1 Å². The second-order valence-electron chi connectivity index (χ2n) is 6.04. The molecule has 1 aliphatic heterocycles. The van der Waals surface area contributed by atoms with Gasteiger partial charge in [0.05, 0.1) is 35.2 Å². The molecule has 0 unspecified atom stereocenters. The number of nitrogens with zero attached hydrogens (tertiary/aromatic N) is 4. The van der Waals surface area contributed by atoms with E-state index in [1.807, 2.05) is 13.8 Å². The van der Waals surface area contributed by atoms with Gasteiger partial charge in [0.2, 0.25) is 11.8 Å². The van der Waals surface area contributed by atoms with Crippen LogP contribution in [0.1, 0.15) is 20.3 Å². The minimum atomic E-state index is -0.329. The first-order valence-electron chi connectivity index (χ1n) is 7.71. The number of aromatic nitrogens is 3. The first kappa shape index (κ1) is 16.4. The molecular formula is C16H18ClN5O2. The topological polar surface area (TPSA) is 80.1 Å². The zero-order valence-electron chi connectivity index (χ0n) is 13.4. The lowest BCUT2D eigenvalue weighted by Gasteiger charge is -2.20. The van der Waals surface area contributed by atoms with E-state index in [1.54, 1.807) is 34.1 Å². The van der Waals surface area contributed by atoms with Crippen LogP contribution in [0.4, 0.5) is 5.69 Å². The molecule has 1 saturated heterocycles. The Morgan fingerprint density at radius 1 is 1.38 bits per heavy atom. The van der Waals surface area contributed by atoms with Crippen molar-refractivity contribution < 1.29 is 9.59 Å². The number of anilines is 1. The smallest absolute Gasteiger partial charge is 0.229 e. The Kier molecular flexibility index (Phi) is 4.53. The van der Waals surface area contributed by atoms with Crippen molar-refractivity contribution in [2.24, 2.45) is 5.92 Å². The average Bonchev–Trinajstić information content (AvgIpc) is 3.14. The van der Waals surface area contributed by atoms with E-state index in [0.717, 1.165) is 0 Å². The van der Waals surface area contributed by atoms with Gasteiger partial charge < -0.3 is 10.2 Å². The quantitative estimate of drug-likeness (QED) is 0.918. The van der Waals surface area contributed by atoms with Crippen LogP contribution in [0.25, 0.3) is 5.82 Å². The van der Waals surface area contributed by atoms with Crippen molar-refractivity contribution in [3.63, 3.8) is 0 Å². The van der Waals surface area contributed by atoms with Crippen LogP contribution in [0.5, 0.6) is 0 Å². The maximum atomic E-state index is 12.3. The zero-order chi connectivity index (χ0) is 17.3. The van der Waals surface area contributed by atoms with E-state index in [2.05, 4.69) is 15.4 Å². The minimum Gasteiger partial charge on any atom is -0.339 e. The first-order chi connectivity index (χ1) is 11.4. The standard InChI is InChI=1S/C16H18ClN5O2/c1-10(2)21-8-11(5-15(21)23)16(24)20-13-3-4-14(18-7-13)22-9-12(17)6-19-22/h3-4,6-7,9-11H,5,8H2,1-2H3,(H,20,24)/t11-/m1/s1. The van der Waals surface area contributed by atoms with E-state index in [-0.39, 0.29) is 30.2 Å². The highest BCUT2D eigenvalue weighted by atomic mass is 35.5. The van der Waals surface area contributed by atoms with Crippen LogP contribution in [0.2, 0.25) is 5.02 Å². The van der Waals surface area contributed by atoms with Crippen LogP contribution < -0.4 is 5.32 Å². The molecular weight excluding hydrogens is 330 g/mol. The van der Waals surface area contributed by atoms with Crippen LogP contribution in [0.15, 0.2) is 30.7 Å². The van der Waals surface area contributed by atoms with Gasteiger partial charge in [-0.05, 0) is 26.0 Å². The third kappa shape index (κ3) is 3.41. The summed E-state index contributed by atoms with van der Waals surface area (Å²) in [5, 5.41) is 7.40. The van der Waals surface area contributed by atoms with Crippen molar-refractivity contribution >= 4 is 29.1 Å². The van der Waals surface area contributed by atoms with Gasteiger partial charge >= 0.3 is 0 Å². The molecule has 2 aromatic heterocycles. The third-order valence-electron chi connectivity index (χ3n) is 3.95. The summed E-state index contributed by atoms with van der Waals surface area (Å²) in [6.45, 7) is 4.35. The van der Waals surface area contributed by atoms with Crippen LogP contribution >= 0.6 is 11.6 Å². The summed E-state index contributed by atoms with van der Waals surface area (Å²) in [7, 11) is 0. The Bertz CT molecular complexity index is 756. The number of amides is 2. The van der Waals surface area contributed by atoms with Gasteiger partial charge in [0.15, 0.2) is 5.82 Å². The first-order valence-corrected chi connectivity index (χ1v) is 8.09. The Balaban J connectivity index is 1.64. The number of carbonyl (C=O) groups excluding carboxylic acids is 2. The summed E-state index contributed by atoms with van der Waals surface area (Å²) >= 11 is 5.83. The maximum absolute atomic E-state index is 12.3. The average molecular weight is 348 g/mol. The fraction of sp³-hybridized carbons (Fsp3) is 0.375. The normalized spacial score (nSPS) is 17.6. The number of rotatable bonds is 4. The predicted octanol–water partition coefficient (Wildman–Crippen LogP) is 2.12. The Labute approximate surface area is 144 Å². The zero-order valence-corrected chi connectivity index (χ0v) is 14.2. The van der Waals surface area contributed by atoms with Gasteiger partial charge in [0.25, 0.3) is 0 Å². The highest BCUT2D eigenvalue weighted by Gasteiger charge is 2.35. The van der Waals surface area contributed by atoms with Gasteiger partial charge in [-0.25, -0.2) is 9.67 Å². The lowest BCUT2D eigenvalue weighted by Crippen LogP contribution is -2.33. The predicted molar refractivity (Wildman–Crippen MR) is 90.0 cm³/mol. The van der Waals surface area contributed by atoms with Gasteiger partial charge in [-0.3, -0.25) is 9.59 Å². The number of nitrogens with one attached hydrogen (secondary N) is 1. The molecule has 1 N–H and O–H groups in total. The summed E-state index contributed by atoms with van der Waals surface area (Å²) in [6.07, 6.45) is 4.98. The molecule has 126 valence electrons. The molecule has 0 radical (unpaired) electrons. The molecule has 0 spiro atoms. The van der Waals surface area contributed by atoms with Crippen molar-refractivity contribution in [2.45, 2.75) is 26.3 Å². The van der Waals surface area contributed by atoms with Gasteiger partial charge in [-0.15, -0.1) is 0 Å². The molecule has 0 aromatic carbocycles. The molecule has 2 aromatic rings. The van der Waals surface area contributed by atoms with Crippen molar-refractivity contribution in [3.8, 4) is 5.82 Å². The van der Waals surface area contributed by atoms with Crippen molar-refractivity contribution in [3.05, 3.63) is 35.7 Å². The van der Waals surface area contributed by atoms with Crippen LogP contribution in [-0.4, -0.2) is 44.1 Å². The largest absolute Gasteiger partial charge is 0.339 e. The minimum absolute atomic E-state index is 0.0224. The van der Waals surface area contributed by atoms with Crippen molar-refractivity contribution in [2.75, 3.05) is 11.9 Å². The van der Waals surface area contributed by atoms with E-state index < -0.39 is 0 Å². The molecule has 7 nitrogen and oxygen atoms in total.